The van der Waals surface area contributed by atoms with Gasteiger partial charge < -0.3 is 4.57 Å². The molecule has 0 atom stereocenters. The summed E-state index contributed by atoms with van der Waals surface area (Å²) in [5.74, 6) is -0.348. The van der Waals surface area contributed by atoms with Crippen molar-refractivity contribution in [1.29, 1.82) is 0 Å². The molecule has 7 heteroatoms. The van der Waals surface area contributed by atoms with Crippen LogP contribution in [0.1, 0.15) is 6.92 Å². The molecule has 1 aliphatic heterocycles. The van der Waals surface area contributed by atoms with Gasteiger partial charge in [0.25, 0.3) is 15.9 Å². The zero-order valence-corrected chi connectivity index (χ0v) is 11.1. The highest BCUT2D eigenvalue weighted by atomic mass is 32.2. The summed E-state index contributed by atoms with van der Waals surface area (Å²) in [6, 6.07) is 0. The van der Waals surface area contributed by atoms with Crippen molar-refractivity contribution in [2.75, 3.05) is 7.05 Å². The van der Waals surface area contributed by atoms with E-state index in [-0.39, 0.29) is 15.9 Å². The fraction of sp³-hybridized carbons (Fsp3) is 0.300. The van der Waals surface area contributed by atoms with Crippen LogP contribution in [-0.4, -0.2) is 27.7 Å². The Morgan fingerprint density at radius 3 is 2.24 bits per heavy atom. The number of carbonyl (C=O) groups is 2. The van der Waals surface area contributed by atoms with Gasteiger partial charge in [-0.25, -0.2) is 0 Å². The predicted octanol–water partition coefficient (Wildman–Crippen LogP) is -0.319. The molecule has 2 amide bonds. The zero-order chi connectivity index (χ0) is 12.7. The average Bonchev–Trinajstić information content (AvgIpc) is 2.71. The van der Waals surface area contributed by atoms with Crippen LogP contribution in [0.3, 0.4) is 0 Å². The number of amides is 2. The molecule has 90 valence electrons. The Hall–Kier alpha value is -1.34. The number of carbonyl (C=O) groups excluding carboxylic acids is 2. The summed E-state index contributed by atoms with van der Waals surface area (Å²) in [7, 11) is 3.15. The SMILES string of the molecule is C/C=c1\c(=O)s/c(=C2/SC(=O)N(C)C2=O)n1C. The van der Waals surface area contributed by atoms with Crippen LogP contribution in [-0.2, 0) is 11.8 Å². The van der Waals surface area contributed by atoms with Crippen molar-refractivity contribution in [3.05, 3.63) is 19.5 Å². The first-order chi connectivity index (χ1) is 7.97. The molecular weight excluding hydrogens is 260 g/mol. The third-order valence-corrected chi connectivity index (χ3v) is 4.71. The Morgan fingerprint density at radius 2 is 1.82 bits per heavy atom. The lowest BCUT2D eigenvalue weighted by Gasteiger charge is -2.00. The molecular formula is C10H10N2O3S2. The number of imide groups is 1. The second-order valence-corrected chi connectivity index (χ2v) is 5.41. The van der Waals surface area contributed by atoms with E-state index in [0.29, 0.717) is 14.9 Å². The number of hydrogen-bond donors (Lipinski definition) is 0. The van der Waals surface area contributed by atoms with Crippen LogP contribution in [0, 0.1) is 0 Å². The van der Waals surface area contributed by atoms with Crippen molar-refractivity contribution < 1.29 is 9.59 Å². The van der Waals surface area contributed by atoms with Crippen molar-refractivity contribution in [3.63, 3.8) is 0 Å². The van der Waals surface area contributed by atoms with E-state index < -0.39 is 0 Å². The summed E-state index contributed by atoms with van der Waals surface area (Å²) in [5, 5.41) is 0.223. The van der Waals surface area contributed by atoms with E-state index in [1.807, 2.05) is 0 Å². The predicted molar refractivity (Wildman–Crippen MR) is 68.1 cm³/mol. The van der Waals surface area contributed by atoms with E-state index in [1.54, 1.807) is 24.6 Å². The normalized spacial score (nSPS) is 20.6. The largest absolute Gasteiger partial charge is 0.332 e. The van der Waals surface area contributed by atoms with Gasteiger partial charge in [-0.05, 0) is 18.7 Å². The molecule has 1 fully saturated rings. The molecule has 2 rings (SSSR count). The lowest BCUT2D eigenvalue weighted by molar-refractivity contribution is -0.120. The molecule has 0 N–H and O–H groups in total. The van der Waals surface area contributed by atoms with E-state index in [0.717, 1.165) is 28.0 Å². The zero-order valence-electron chi connectivity index (χ0n) is 9.51. The van der Waals surface area contributed by atoms with E-state index >= 15 is 0 Å². The third kappa shape index (κ3) is 1.75. The number of rotatable bonds is 0. The first-order valence-corrected chi connectivity index (χ1v) is 6.47. The molecule has 0 radical (unpaired) electrons. The van der Waals surface area contributed by atoms with Crippen molar-refractivity contribution in [1.82, 2.24) is 9.47 Å². The summed E-state index contributed by atoms with van der Waals surface area (Å²) in [6.45, 7) is 1.76. The van der Waals surface area contributed by atoms with Crippen LogP contribution in [0.5, 0.6) is 0 Å². The highest BCUT2D eigenvalue weighted by molar-refractivity contribution is 8.23. The van der Waals surface area contributed by atoms with Crippen LogP contribution in [0.2, 0.25) is 0 Å². The maximum atomic E-state index is 11.8. The van der Waals surface area contributed by atoms with Crippen molar-refractivity contribution in [2.45, 2.75) is 6.92 Å². The minimum Gasteiger partial charge on any atom is -0.332 e. The van der Waals surface area contributed by atoms with Gasteiger partial charge in [-0.3, -0.25) is 19.3 Å². The van der Waals surface area contributed by atoms with Gasteiger partial charge in [0, 0.05) is 14.1 Å². The molecule has 17 heavy (non-hydrogen) atoms. The van der Waals surface area contributed by atoms with Crippen molar-refractivity contribution in [2.24, 2.45) is 7.05 Å². The maximum Gasteiger partial charge on any atom is 0.293 e. The average molecular weight is 270 g/mol. The first kappa shape index (κ1) is 12.1. The van der Waals surface area contributed by atoms with E-state index in [1.165, 1.54) is 7.05 Å². The van der Waals surface area contributed by atoms with E-state index in [2.05, 4.69) is 0 Å². The summed E-state index contributed by atoms with van der Waals surface area (Å²) in [5.41, 5.74) is 0. The smallest absolute Gasteiger partial charge is 0.293 e. The van der Waals surface area contributed by atoms with Gasteiger partial charge in [0.2, 0.25) is 0 Å². The topological polar surface area (TPSA) is 59.4 Å². The van der Waals surface area contributed by atoms with Crippen LogP contribution in [0.15, 0.2) is 4.79 Å². The Kier molecular flexibility index (Phi) is 2.96. The number of nitrogens with zero attached hydrogens (tertiary/aromatic N) is 2. The van der Waals surface area contributed by atoms with Crippen LogP contribution in [0.25, 0.3) is 11.0 Å². The summed E-state index contributed by atoms with van der Waals surface area (Å²) in [6.07, 6.45) is 1.69. The highest BCUT2D eigenvalue weighted by Gasteiger charge is 2.33. The highest BCUT2D eigenvalue weighted by Crippen LogP contribution is 2.29. The van der Waals surface area contributed by atoms with Gasteiger partial charge in [-0.2, -0.15) is 0 Å². The fourth-order valence-electron chi connectivity index (χ4n) is 1.53. The number of aromatic nitrogens is 1. The molecule has 0 unspecified atom stereocenters. The van der Waals surface area contributed by atoms with Gasteiger partial charge in [0.1, 0.15) is 9.57 Å². The molecule has 0 bridgehead atoms. The molecule has 1 aromatic rings. The van der Waals surface area contributed by atoms with Crippen molar-refractivity contribution in [3.8, 4) is 0 Å². The van der Waals surface area contributed by atoms with Gasteiger partial charge in [-0.1, -0.05) is 17.4 Å². The summed E-state index contributed by atoms with van der Waals surface area (Å²) in [4.78, 5) is 36.2. The Labute approximate surface area is 105 Å². The summed E-state index contributed by atoms with van der Waals surface area (Å²) >= 11 is 1.86. The van der Waals surface area contributed by atoms with Crippen molar-refractivity contribution >= 4 is 45.2 Å². The van der Waals surface area contributed by atoms with Gasteiger partial charge in [0.05, 0.1) is 5.35 Å². The third-order valence-electron chi connectivity index (χ3n) is 2.49. The molecule has 1 aromatic heterocycles. The van der Waals surface area contributed by atoms with Gasteiger partial charge in [0.15, 0.2) is 0 Å². The monoisotopic (exact) mass is 270 g/mol. The fourth-order valence-corrected chi connectivity index (χ4v) is 3.58. The van der Waals surface area contributed by atoms with E-state index in [9.17, 15) is 14.4 Å². The molecule has 0 spiro atoms. The van der Waals surface area contributed by atoms with Gasteiger partial charge >= 0.3 is 0 Å². The summed E-state index contributed by atoms with van der Waals surface area (Å²) < 4.78 is 2.09. The molecule has 0 aliphatic carbocycles. The molecule has 0 saturated carbocycles. The second-order valence-electron chi connectivity index (χ2n) is 3.49. The first-order valence-electron chi connectivity index (χ1n) is 4.83. The van der Waals surface area contributed by atoms with Gasteiger partial charge in [-0.15, -0.1) is 0 Å². The van der Waals surface area contributed by atoms with Crippen LogP contribution >= 0.6 is 23.1 Å². The Bertz CT molecular complexity index is 683. The molecule has 1 aliphatic rings. The molecule has 2 heterocycles. The van der Waals surface area contributed by atoms with Crippen LogP contribution < -0.4 is 14.8 Å². The van der Waals surface area contributed by atoms with Crippen LogP contribution in [0.4, 0.5) is 4.79 Å². The number of thioether (sulfide) groups is 1. The number of thiazole rings is 1. The minimum absolute atomic E-state index is 0.104. The lowest BCUT2D eigenvalue weighted by Crippen LogP contribution is -2.31. The van der Waals surface area contributed by atoms with E-state index in [4.69, 9.17) is 0 Å². The maximum absolute atomic E-state index is 11.8. The Morgan fingerprint density at radius 1 is 1.18 bits per heavy atom. The molecule has 0 aromatic carbocycles. The standard InChI is InChI=1S/C10H10N2O3S2/c1-4-5-9(14)17-8(11(5)2)6-7(13)12(3)10(15)16-6/h4H,1-3H3/b5-4+,8-6+. The lowest BCUT2D eigenvalue weighted by atomic mass is 10.5. The molecule has 1 saturated heterocycles. The second kappa shape index (κ2) is 4.15. The minimum atomic E-state index is -0.348. The molecule has 5 nitrogen and oxygen atoms in total. The quantitative estimate of drug-likeness (QED) is 0.648. The Balaban J connectivity index is 2.83. The number of hydrogen-bond acceptors (Lipinski definition) is 5.